The first-order chi connectivity index (χ1) is 19.7. The molecule has 208 valence electrons. The highest BCUT2D eigenvalue weighted by molar-refractivity contribution is 9.10. The van der Waals surface area contributed by atoms with Gasteiger partial charge in [-0.1, -0.05) is 82.7 Å². The van der Waals surface area contributed by atoms with Gasteiger partial charge in [-0.05, 0) is 72.1 Å². The van der Waals surface area contributed by atoms with Gasteiger partial charge in [-0.25, -0.2) is 13.4 Å². The zero-order chi connectivity index (χ0) is 29.0. The minimum absolute atomic E-state index is 0.118. The fourth-order valence-electron chi connectivity index (χ4n) is 4.17. The number of carbonyl (C=O) groups excluding carboxylic acids is 1. The number of carbonyl (C=O) groups is 1. The average Bonchev–Trinajstić information content (AvgIpc) is 3.40. The first-order valence-corrected chi connectivity index (χ1v) is 15.9. The summed E-state index contributed by atoms with van der Waals surface area (Å²) in [6, 6.07) is 28.9. The van der Waals surface area contributed by atoms with Crippen LogP contribution in [0.1, 0.15) is 34.0 Å². The number of aromatic nitrogens is 1. The van der Waals surface area contributed by atoms with Gasteiger partial charge >= 0.3 is 0 Å². The molecule has 5 aromatic rings. The summed E-state index contributed by atoms with van der Waals surface area (Å²) in [7, 11) is -3.77. The number of halogens is 1. The summed E-state index contributed by atoms with van der Waals surface area (Å²) >= 11 is 4.79. The maximum atomic E-state index is 13.8. The van der Waals surface area contributed by atoms with E-state index in [1.54, 1.807) is 13.1 Å². The van der Waals surface area contributed by atoms with Crippen molar-refractivity contribution in [3.05, 3.63) is 124 Å². The normalized spacial score (nSPS) is 11.9. The van der Waals surface area contributed by atoms with Crippen molar-refractivity contribution in [1.29, 1.82) is 0 Å². The second-order valence-electron chi connectivity index (χ2n) is 9.32. The first kappa shape index (κ1) is 28.8. The molecule has 0 saturated heterocycles. The number of amides is 1. The SMILES string of the molecule is CCN(Cc1ccccc1)S(=O)(=O)c1ccc(C(=O)N(/N=C/c2ccc(Br)cc2)c2nc3ccc(C)cc3s2)cc1. The number of aryl methyl sites for hydroxylation is 1. The molecule has 0 saturated carbocycles. The van der Waals surface area contributed by atoms with Gasteiger partial charge in [-0.15, -0.1) is 0 Å². The predicted molar refractivity (Wildman–Crippen MR) is 169 cm³/mol. The van der Waals surface area contributed by atoms with E-state index in [0.29, 0.717) is 17.2 Å². The monoisotopic (exact) mass is 646 g/mol. The van der Waals surface area contributed by atoms with E-state index in [1.807, 2.05) is 79.7 Å². The molecule has 0 aliphatic rings. The molecule has 0 atom stereocenters. The van der Waals surface area contributed by atoms with Gasteiger partial charge in [0.1, 0.15) is 0 Å². The molecule has 0 aliphatic carbocycles. The Morgan fingerprint density at radius 2 is 1.68 bits per heavy atom. The molecule has 0 N–H and O–H groups in total. The Labute approximate surface area is 252 Å². The van der Waals surface area contributed by atoms with Gasteiger partial charge in [0.2, 0.25) is 15.2 Å². The molecule has 4 aromatic carbocycles. The third kappa shape index (κ3) is 6.62. The smallest absolute Gasteiger partial charge is 0.267 e. The molecule has 0 fully saturated rings. The highest BCUT2D eigenvalue weighted by Gasteiger charge is 2.25. The van der Waals surface area contributed by atoms with E-state index in [-0.39, 0.29) is 11.4 Å². The summed E-state index contributed by atoms with van der Waals surface area (Å²) in [5.74, 6) is -0.422. The van der Waals surface area contributed by atoms with Gasteiger partial charge in [-0.2, -0.15) is 14.4 Å². The number of benzene rings is 4. The fraction of sp³-hybridized carbons (Fsp3) is 0.129. The Kier molecular flexibility index (Phi) is 8.74. The number of nitrogens with zero attached hydrogens (tertiary/aromatic N) is 4. The van der Waals surface area contributed by atoms with Gasteiger partial charge in [-0.3, -0.25) is 4.79 Å². The Morgan fingerprint density at radius 3 is 2.37 bits per heavy atom. The van der Waals surface area contributed by atoms with E-state index < -0.39 is 15.9 Å². The Bertz CT molecular complexity index is 1800. The van der Waals surface area contributed by atoms with Crippen molar-refractivity contribution in [3.8, 4) is 0 Å². The number of anilines is 1. The molecule has 0 unspecified atom stereocenters. The van der Waals surface area contributed by atoms with Gasteiger partial charge < -0.3 is 0 Å². The average molecular weight is 648 g/mol. The lowest BCUT2D eigenvalue weighted by Gasteiger charge is -2.21. The quantitative estimate of drug-likeness (QED) is 0.125. The molecule has 1 amide bonds. The Morgan fingerprint density at radius 1 is 0.976 bits per heavy atom. The fourth-order valence-corrected chi connectivity index (χ4v) is 6.89. The van der Waals surface area contributed by atoms with E-state index >= 15 is 0 Å². The summed E-state index contributed by atoms with van der Waals surface area (Å²) < 4.78 is 30.1. The van der Waals surface area contributed by atoms with Crippen molar-refractivity contribution < 1.29 is 13.2 Å². The van der Waals surface area contributed by atoms with Crippen LogP contribution < -0.4 is 5.01 Å². The van der Waals surface area contributed by atoms with Crippen molar-refractivity contribution in [1.82, 2.24) is 9.29 Å². The van der Waals surface area contributed by atoms with Gasteiger partial charge in [0, 0.05) is 23.1 Å². The topological polar surface area (TPSA) is 82.9 Å². The molecule has 0 aliphatic heterocycles. The number of thiazole rings is 1. The molecule has 10 heteroatoms. The van der Waals surface area contributed by atoms with Crippen LogP contribution in [0.5, 0.6) is 0 Å². The molecule has 7 nitrogen and oxygen atoms in total. The second-order valence-corrected chi connectivity index (χ2v) is 13.2. The van der Waals surface area contributed by atoms with Gasteiger partial charge in [0.25, 0.3) is 5.91 Å². The molecule has 0 bridgehead atoms. The minimum atomic E-state index is -3.77. The van der Waals surface area contributed by atoms with Crippen LogP contribution in [0.3, 0.4) is 0 Å². The molecular formula is C31H27BrN4O3S2. The number of sulfonamides is 1. The Balaban J connectivity index is 1.45. The summed E-state index contributed by atoms with van der Waals surface area (Å²) in [5.41, 5.74) is 3.86. The summed E-state index contributed by atoms with van der Waals surface area (Å²) in [5, 5.41) is 6.19. The second kappa shape index (κ2) is 12.4. The maximum Gasteiger partial charge on any atom is 0.280 e. The van der Waals surface area contributed by atoms with Crippen LogP contribution >= 0.6 is 27.3 Å². The van der Waals surface area contributed by atoms with Crippen LogP contribution in [0.2, 0.25) is 0 Å². The zero-order valence-corrected chi connectivity index (χ0v) is 25.7. The predicted octanol–water partition coefficient (Wildman–Crippen LogP) is 7.26. The molecule has 41 heavy (non-hydrogen) atoms. The summed E-state index contributed by atoms with van der Waals surface area (Å²) in [4.78, 5) is 18.5. The lowest BCUT2D eigenvalue weighted by molar-refractivity contribution is 0.0987. The number of hydrogen-bond donors (Lipinski definition) is 0. The molecule has 1 aromatic heterocycles. The highest BCUT2D eigenvalue weighted by Crippen LogP contribution is 2.31. The molecule has 1 heterocycles. The highest BCUT2D eigenvalue weighted by atomic mass is 79.9. The zero-order valence-electron chi connectivity index (χ0n) is 22.4. The van der Waals surface area contributed by atoms with Crippen LogP contribution in [0.15, 0.2) is 112 Å². The van der Waals surface area contributed by atoms with E-state index in [4.69, 9.17) is 0 Å². The number of fused-ring (bicyclic) bond motifs is 1. The van der Waals surface area contributed by atoms with Crippen LogP contribution in [-0.4, -0.2) is 36.4 Å². The van der Waals surface area contributed by atoms with Crippen LogP contribution in [0.4, 0.5) is 5.13 Å². The number of rotatable bonds is 9. The Hall–Kier alpha value is -3.70. The maximum absolute atomic E-state index is 13.8. The molecule has 0 radical (unpaired) electrons. The van der Waals surface area contributed by atoms with Crippen LogP contribution in [0, 0.1) is 6.92 Å². The van der Waals surface area contributed by atoms with E-state index in [9.17, 15) is 13.2 Å². The van der Waals surface area contributed by atoms with E-state index in [2.05, 4.69) is 26.0 Å². The first-order valence-electron chi connectivity index (χ1n) is 12.9. The van der Waals surface area contributed by atoms with E-state index in [1.165, 1.54) is 44.9 Å². The minimum Gasteiger partial charge on any atom is -0.267 e. The summed E-state index contributed by atoms with van der Waals surface area (Å²) in [6.45, 7) is 4.38. The van der Waals surface area contributed by atoms with Crippen molar-refractivity contribution >= 4 is 64.8 Å². The van der Waals surface area contributed by atoms with Gasteiger partial charge in [0.15, 0.2) is 0 Å². The van der Waals surface area contributed by atoms with Gasteiger partial charge in [0.05, 0.1) is 21.3 Å². The molecule has 5 rings (SSSR count). The van der Waals surface area contributed by atoms with E-state index in [0.717, 1.165) is 31.4 Å². The van der Waals surface area contributed by atoms with Crippen molar-refractivity contribution in [2.75, 3.05) is 11.6 Å². The molecular weight excluding hydrogens is 620 g/mol. The van der Waals surface area contributed by atoms with Crippen LogP contribution in [0.25, 0.3) is 10.2 Å². The summed E-state index contributed by atoms with van der Waals surface area (Å²) in [6.07, 6.45) is 1.60. The molecule has 0 spiro atoms. The van der Waals surface area contributed by atoms with Crippen molar-refractivity contribution in [2.45, 2.75) is 25.3 Å². The van der Waals surface area contributed by atoms with Crippen LogP contribution in [-0.2, 0) is 16.6 Å². The lowest BCUT2D eigenvalue weighted by Crippen LogP contribution is -2.30. The largest absolute Gasteiger partial charge is 0.280 e. The number of hydrazone groups is 1. The lowest BCUT2D eigenvalue weighted by atomic mass is 10.2. The third-order valence-electron chi connectivity index (χ3n) is 6.39. The standard InChI is InChI=1S/C31H27BrN4O3S2/c1-3-35(21-24-7-5-4-6-8-24)41(38,39)27-16-12-25(13-17-27)30(37)36(33-20-23-10-14-26(32)15-11-23)31-34-28-18-9-22(2)19-29(28)40-31/h4-20H,3,21H2,1-2H3/b33-20+. The van der Waals surface area contributed by atoms with Crippen molar-refractivity contribution in [2.24, 2.45) is 5.10 Å². The van der Waals surface area contributed by atoms with Crippen molar-refractivity contribution in [3.63, 3.8) is 0 Å². The third-order valence-corrected chi connectivity index (χ3v) is 9.85. The number of hydrogen-bond acceptors (Lipinski definition) is 6.